The Kier molecular flexibility index (Phi) is 5.26. The summed E-state index contributed by atoms with van der Waals surface area (Å²) in [6.45, 7) is 2.56. The number of aryl methyl sites for hydroxylation is 1. The number of nitrogens with one attached hydrogen (secondary N) is 2. The largest absolute Gasteiger partial charge is 0.320 e. The molecule has 0 spiro atoms. The van der Waals surface area contributed by atoms with Crippen LogP contribution < -0.4 is 10.6 Å². The van der Waals surface area contributed by atoms with Gasteiger partial charge >= 0.3 is 0 Å². The zero-order valence-corrected chi connectivity index (χ0v) is 10.5. The van der Waals surface area contributed by atoms with E-state index in [0.717, 1.165) is 12.1 Å². The van der Waals surface area contributed by atoms with Gasteiger partial charge in [-0.15, -0.1) is 0 Å². The number of hydrogen-bond acceptors (Lipinski definition) is 4. The fourth-order valence-electron chi connectivity index (χ4n) is 1.55. The number of anilines is 1. The molecule has 1 amide bonds. The molecular weight excluding hydrogens is 234 g/mol. The van der Waals surface area contributed by atoms with Crippen molar-refractivity contribution in [3.63, 3.8) is 0 Å². The molecule has 0 aromatic heterocycles. The first-order valence-electron chi connectivity index (χ1n) is 5.74. The zero-order chi connectivity index (χ0) is 13.5. The zero-order valence-electron chi connectivity index (χ0n) is 10.5. The average Bonchev–Trinajstić information content (AvgIpc) is 2.29. The smallest absolute Gasteiger partial charge is 0.292 e. The molecule has 0 aliphatic carbocycles. The minimum Gasteiger partial charge on any atom is -0.320 e. The third kappa shape index (κ3) is 4.14. The summed E-state index contributed by atoms with van der Waals surface area (Å²) in [7, 11) is 1.81. The van der Waals surface area contributed by atoms with Gasteiger partial charge in [0.15, 0.2) is 0 Å². The van der Waals surface area contributed by atoms with E-state index in [1.165, 1.54) is 6.07 Å². The normalized spacial score (nSPS) is 10.1. The lowest BCUT2D eigenvalue weighted by molar-refractivity contribution is -0.383. The molecule has 0 atom stereocenters. The Labute approximate surface area is 106 Å². The molecule has 2 N–H and O–H groups in total. The molecular formula is C12H17N3O3. The van der Waals surface area contributed by atoms with Gasteiger partial charge in [0, 0.05) is 12.5 Å². The molecule has 0 aliphatic heterocycles. The van der Waals surface area contributed by atoms with E-state index in [4.69, 9.17) is 0 Å². The highest BCUT2D eigenvalue weighted by Crippen LogP contribution is 2.25. The maximum Gasteiger partial charge on any atom is 0.292 e. The molecule has 1 aromatic carbocycles. The number of rotatable bonds is 6. The van der Waals surface area contributed by atoms with E-state index in [1.54, 1.807) is 12.1 Å². The molecule has 0 saturated heterocycles. The molecule has 0 heterocycles. The van der Waals surface area contributed by atoms with Crippen LogP contribution in [-0.2, 0) is 4.79 Å². The van der Waals surface area contributed by atoms with Crippen molar-refractivity contribution in [1.82, 2.24) is 5.32 Å². The van der Waals surface area contributed by atoms with Crippen LogP contribution in [0, 0.1) is 17.0 Å². The molecule has 1 aromatic rings. The van der Waals surface area contributed by atoms with Crippen molar-refractivity contribution in [1.29, 1.82) is 0 Å². The second-order valence-electron chi connectivity index (χ2n) is 4.03. The molecule has 0 unspecified atom stereocenters. The van der Waals surface area contributed by atoms with E-state index in [2.05, 4.69) is 10.6 Å². The van der Waals surface area contributed by atoms with Crippen molar-refractivity contribution >= 4 is 17.3 Å². The van der Waals surface area contributed by atoms with Gasteiger partial charge in [0.2, 0.25) is 5.91 Å². The van der Waals surface area contributed by atoms with Gasteiger partial charge in [0.1, 0.15) is 5.69 Å². The summed E-state index contributed by atoms with van der Waals surface area (Å²) >= 11 is 0. The molecule has 0 bridgehead atoms. The standard InChI is InChI=1S/C12H17N3O3/c1-9-5-6-11(15(17)18)10(8-9)14-12(16)4-3-7-13-2/h5-6,8,13H,3-4,7H2,1-2H3,(H,14,16). The maximum atomic E-state index is 11.6. The molecule has 1 rings (SSSR count). The molecule has 98 valence electrons. The van der Waals surface area contributed by atoms with E-state index >= 15 is 0 Å². The van der Waals surface area contributed by atoms with Crippen molar-refractivity contribution in [2.75, 3.05) is 18.9 Å². The van der Waals surface area contributed by atoms with Crippen LogP contribution in [0.25, 0.3) is 0 Å². The van der Waals surface area contributed by atoms with Crippen LogP contribution in [0.2, 0.25) is 0 Å². The predicted octanol–water partition coefficient (Wildman–Crippen LogP) is 1.84. The van der Waals surface area contributed by atoms with E-state index < -0.39 is 4.92 Å². The number of benzene rings is 1. The van der Waals surface area contributed by atoms with Crippen molar-refractivity contribution < 1.29 is 9.72 Å². The molecule has 0 saturated carbocycles. The summed E-state index contributed by atoms with van der Waals surface area (Å²) in [6.07, 6.45) is 1.04. The second kappa shape index (κ2) is 6.70. The monoisotopic (exact) mass is 251 g/mol. The van der Waals surface area contributed by atoms with E-state index in [1.807, 2.05) is 14.0 Å². The fraction of sp³-hybridized carbons (Fsp3) is 0.417. The number of hydrogen-bond donors (Lipinski definition) is 2. The van der Waals surface area contributed by atoms with Crippen molar-refractivity contribution in [2.24, 2.45) is 0 Å². The Morgan fingerprint density at radius 2 is 2.17 bits per heavy atom. The van der Waals surface area contributed by atoms with Crippen molar-refractivity contribution in [3.8, 4) is 0 Å². The summed E-state index contributed by atoms with van der Waals surface area (Å²) in [5.41, 5.74) is 1.04. The van der Waals surface area contributed by atoms with Gasteiger partial charge in [-0.3, -0.25) is 14.9 Å². The van der Waals surface area contributed by atoms with E-state index in [-0.39, 0.29) is 17.3 Å². The molecule has 18 heavy (non-hydrogen) atoms. The average molecular weight is 251 g/mol. The van der Waals surface area contributed by atoms with Gasteiger partial charge in [0.25, 0.3) is 5.69 Å². The minimum atomic E-state index is -0.497. The molecule has 6 heteroatoms. The quantitative estimate of drug-likeness (QED) is 0.459. The lowest BCUT2D eigenvalue weighted by Crippen LogP contribution is -2.16. The third-order valence-electron chi connectivity index (χ3n) is 2.45. The van der Waals surface area contributed by atoms with Crippen LogP contribution in [0.3, 0.4) is 0 Å². The van der Waals surface area contributed by atoms with E-state index in [0.29, 0.717) is 12.8 Å². The highest BCUT2D eigenvalue weighted by Gasteiger charge is 2.15. The first-order valence-corrected chi connectivity index (χ1v) is 5.74. The van der Waals surface area contributed by atoms with Crippen LogP contribution >= 0.6 is 0 Å². The summed E-state index contributed by atoms with van der Waals surface area (Å²) in [4.78, 5) is 21.9. The highest BCUT2D eigenvalue weighted by molar-refractivity contribution is 5.93. The van der Waals surface area contributed by atoms with Gasteiger partial charge in [-0.25, -0.2) is 0 Å². The first-order chi connectivity index (χ1) is 8.54. The second-order valence-corrected chi connectivity index (χ2v) is 4.03. The highest BCUT2D eigenvalue weighted by atomic mass is 16.6. The fourth-order valence-corrected chi connectivity index (χ4v) is 1.55. The summed E-state index contributed by atoms with van der Waals surface area (Å²) in [6, 6.07) is 4.65. The first kappa shape index (κ1) is 14.1. The molecule has 0 radical (unpaired) electrons. The Morgan fingerprint density at radius 1 is 1.44 bits per heavy atom. The van der Waals surface area contributed by atoms with Crippen LogP contribution in [0.5, 0.6) is 0 Å². The number of amides is 1. The minimum absolute atomic E-state index is 0.0810. The van der Waals surface area contributed by atoms with Gasteiger partial charge in [-0.05, 0) is 38.6 Å². The Morgan fingerprint density at radius 3 is 2.78 bits per heavy atom. The number of carbonyl (C=O) groups is 1. The summed E-state index contributed by atoms with van der Waals surface area (Å²) in [5, 5.41) is 16.3. The number of carbonyl (C=O) groups excluding carboxylic acids is 1. The van der Waals surface area contributed by atoms with Gasteiger partial charge in [-0.2, -0.15) is 0 Å². The molecule has 0 aliphatic rings. The predicted molar refractivity (Wildman–Crippen MR) is 69.6 cm³/mol. The SMILES string of the molecule is CNCCCC(=O)Nc1cc(C)ccc1[N+](=O)[O-]. The lowest BCUT2D eigenvalue weighted by atomic mass is 10.2. The topological polar surface area (TPSA) is 84.3 Å². The summed E-state index contributed by atoms with van der Waals surface area (Å²) in [5.74, 6) is -0.209. The van der Waals surface area contributed by atoms with E-state index in [9.17, 15) is 14.9 Å². The van der Waals surface area contributed by atoms with Crippen LogP contribution in [0.15, 0.2) is 18.2 Å². The Bertz CT molecular complexity index is 446. The van der Waals surface area contributed by atoms with Crippen LogP contribution in [-0.4, -0.2) is 24.4 Å². The van der Waals surface area contributed by atoms with Crippen molar-refractivity contribution in [3.05, 3.63) is 33.9 Å². The molecule has 0 fully saturated rings. The molecule has 6 nitrogen and oxygen atoms in total. The van der Waals surface area contributed by atoms with Crippen LogP contribution in [0.4, 0.5) is 11.4 Å². The third-order valence-corrected chi connectivity index (χ3v) is 2.45. The number of nitrogens with zero attached hydrogens (tertiary/aromatic N) is 1. The van der Waals surface area contributed by atoms with Crippen LogP contribution in [0.1, 0.15) is 18.4 Å². The lowest BCUT2D eigenvalue weighted by Gasteiger charge is -2.06. The number of nitro benzene ring substituents is 1. The Hall–Kier alpha value is -1.95. The Balaban J connectivity index is 2.73. The summed E-state index contributed by atoms with van der Waals surface area (Å²) < 4.78 is 0. The maximum absolute atomic E-state index is 11.6. The van der Waals surface area contributed by atoms with Gasteiger partial charge in [-0.1, -0.05) is 6.07 Å². The van der Waals surface area contributed by atoms with Gasteiger partial charge in [0.05, 0.1) is 4.92 Å². The number of nitro groups is 1. The van der Waals surface area contributed by atoms with Crippen molar-refractivity contribution in [2.45, 2.75) is 19.8 Å². The van der Waals surface area contributed by atoms with Gasteiger partial charge < -0.3 is 10.6 Å².